The van der Waals surface area contributed by atoms with Gasteiger partial charge in [-0.3, -0.25) is 4.90 Å². The lowest BCUT2D eigenvalue weighted by molar-refractivity contribution is 0.188. The van der Waals surface area contributed by atoms with Crippen molar-refractivity contribution in [3.8, 4) is 0 Å². The Hall–Kier alpha value is -0.940. The minimum atomic E-state index is 0.311. The fourth-order valence-electron chi connectivity index (χ4n) is 2.15. The maximum Gasteiger partial charge on any atom is 0.229 e. The van der Waals surface area contributed by atoms with E-state index in [4.69, 9.17) is 4.52 Å². The summed E-state index contributed by atoms with van der Waals surface area (Å²) < 4.78 is 5.21. The number of hydrogen-bond acceptors (Lipinski definition) is 5. The molecule has 1 aromatic rings. The fourth-order valence-corrected chi connectivity index (χ4v) is 2.15. The molecule has 0 amide bonds. The fraction of sp³-hybridized carbons (Fsp3) is 0.833. The summed E-state index contributed by atoms with van der Waals surface area (Å²) in [6, 6.07) is 0.669. The summed E-state index contributed by atoms with van der Waals surface area (Å²) in [7, 11) is 2.04. The van der Waals surface area contributed by atoms with Crippen LogP contribution in [0.15, 0.2) is 4.52 Å². The Labute approximate surface area is 103 Å². The molecule has 0 aromatic carbocycles. The third-order valence-electron chi connectivity index (χ3n) is 3.34. The van der Waals surface area contributed by atoms with Crippen molar-refractivity contribution >= 4 is 0 Å². The first-order valence-electron chi connectivity index (χ1n) is 6.41. The van der Waals surface area contributed by atoms with Crippen LogP contribution in [0.5, 0.6) is 0 Å². The van der Waals surface area contributed by atoms with E-state index in [0.29, 0.717) is 12.0 Å². The Morgan fingerprint density at radius 2 is 2.12 bits per heavy atom. The van der Waals surface area contributed by atoms with Crippen molar-refractivity contribution in [3.05, 3.63) is 11.7 Å². The van der Waals surface area contributed by atoms with Gasteiger partial charge in [0.25, 0.3) is 0 Å². The molecule has 17 heavy (non-hydrogen) atoms. The van der Waals surface area contributed by atoms with Crippen LogP contribution in [0.1, 0.15) is 44.3 Å². The van der Waals surface area contributed by atoms with Crippen molar-refractivity contribution in [3.63, 3.8) is 0 Å². The average Bonchev–Trinajstić information content (AvgIpc) is 2.79. The minimum Gasteiger partial charge on any atom is -0.339 e. The molecule has 0 bridgehead atoms. The second-order valence-electron chi connectivity index (χ2n) is 5.04. The van der Waals surface area contributed by atoms with Gasteiger partial charge < -0.3 is 9.84 Å². The Balaban J connectivity index is 1.84. The molecule has 5 nitrogen and oxygen atoms in total. The van der Waals surface area contributed by atoms with Crippen LogP contribution in [-0.2, 0) is 6.54 Å². The summed E-state index contributed by atoms with van der Waals surface area (Å²) in [5.74, 6) is 1.87. The van der Waals surface area contributed by atoms with Gasteiger partial charge in [0.2, 0.25) is 5.89 Å². The van der Waals surface area contributed by atoms with E-state index in [9.17, 15) is 0 Å². The average molecular weight is 238 g/mol. The summed E-state index contributed by atoms with van der Waals surface area (Å²) >= 11 is 0. The van der Waals surface area contributed by atoms with E-state index in [0.717, 1.165) is 31.3 Å². The summed E-state index contributed by atoms with van der Waals surface area (Å²) in [4.78, 5) is 6.80. The lowest BCUT2D eigenvalue weighted by atomic mass is 10.1. The first-order chi connectivity index (χ1) is 8.19. The number of aromatic nitrogens is 2. The molecule has 5 heteroatoms. The number of rotatable bonds is 4. The minimum absolute atomic E-state index is 0.311. The van der Waals surface area contributed by atoms with Gasteiger partial charge in [-0.25, -0.2) is 0 Å². The van der Waals surface area contributed by atoms with Crippen LogP contribution in [0.3, 0.4) is 0 Å². The second-order valence-corrected chi connectivity index (χ2v) is 5.04. The normalized spacial score (nSPS) is 19.1. The van der Waals surface area contributed by atoms with Crippen molar-refractivity contribution in [2.75, 3.05) is 20.1 Å². The van der Waals surface area contributed by atoms with Gasteiger partial charge in [-0.1, -0.05) is 19.0 Å². The quantitative estimate of drug-likeness (QED) is 0.858. The highest BCUT2D eigenvalue weighted by molar-refractivity contribution is 4.91. The molecule has 0 spiro atoms. The van der Waals surface area contributed by atoms with Gasteiger partial charge in [0, 0.05) is 25.0 Å². The predicted octanol–water partition coefficient (Wildman–Crippen LogP) is 1.38. The van der Waals surface area contributed by atoms with E-state index >= 15 is 0 Å². The summed E-state index contributed by atoms with van der Waals surface area (Å²) in [6.45, 7) is 7.16. The summed E-state index contributed by atoms with van der Waals surface area (Å²) in [5, 5.41) is 7.36. The summed E-state index contributed by atoms with van der Waals surface area (Å²) in [5.41, 5.74) is 0. The third kappa shape index (κ3) is 3.26. The van der Waals surface area contributed by atoms with Crippen LogP contribution in [0.2, 0.25) is 0 Å². The first-order valence-corrected chi connectivity index (χ1v) is 6.41. The molecule has 2 rings (SSSR count). The van der Waals surface area contributed by atoms with Crippen LogP contribution in [0.25, 0.3) is 0 Å². The summed E-state index contributed by atoms with van der Waals surface area (Å²) in [6.07, 6.45) is 2.40. The largest absolute Gasteiger partial charge is 0.339 e. The highest BCUT2D eigenvalue weighted by atomic mass is 16.5. The smallest absolute Gasteiger partial charge is 0.229 e. The van der Waals surface area contributed by atoms with E-state index in [1.165, 1.54) is 12.8 Å². The molecule has 2 heterocycles. The van der Waals surface area contributed by atoms with Gasteiger partial charge >= 0.3 is 0 Å². The maximum absolute atomic E-state index is 5.21. The van der Waals surface area contributed by atoms with Crippen LogP contribution >= 0.6 is 0 Å². The SMILES string of the molecule is CNC1CCN(Cc2noc(C(C)C)n2)CC1. The Kier molecular flexibility index (Phi) is 4.12. The number of nitrogens with zero attached hydrogens (tertiary/aromatic N) is 3. The second kappa shape index (κ2) is 5.60. The zero-order chi connectivity index (χ0) is 12.3. The number of hydrogen-bond donors (Lipinski definition) is 1. The van der Waals surface area contributed by atoms with E-state index in [-0.39, 0.29) is 0 Å². The molecule has 1 N–H and O–H groups in total. The topological polar surface area (TPSA) is 54.2 Å². The Bertz CT molecular complexity index is 342. The van der Waals surface area contributed by atoms with E-state index in [2.05, 4.69) is 34.2 Å². The highest BCUT2D eigenvalue weighted by Gasteiger charge is 2.19. The zero-order valence-corrected chi connectivity index (χ0v) is 10.9. The van der Waals surface area contributed by atoms with Crippen LogP contribution in [0.4, 0.5) is 0 Å². The molecule has 1 aliphatic heterocycles. The van der Waals surface area contributed by atoms with E-state index in [1.807, 2.05) is 7.05 Å². The van der Waals surface area contributed by atoms with Crippen molar-refractivity contribution in [1.82, 2.24) is 20.4 Å². The Morgan fingerprint density at radius 1 is 1.41 bits per heavy atom. The lowest BCUT2D eigenvalue weighted by Crippen LogP contribution is -2.40. The molecule has 0 saturated carbocycles. The molecule has 1 aromatic heterocycles. The number of piperidine rings is 1. The van der Waals surface area contributed by atoms with Crippen molar-refractivity contribution in [1.29, 1.82) is 0 Å². The molecule has 0 radical (unpaired) electrons. The lowest BCUT2D eigenvalue weighted by Gasteiger charge is -2.30. The van der Waals surface area contributed by atoms with Crippen molar-refractivity contribution in [2.45, 2.75) is 45.2 Å². The third-order valence-corrected chi connectivity index (χ3v) is 3.34. The van der Waals surface area contributed by atoms with Gasteiger partial charge in [0.15, 0.2) is 5.82 Å². The zero-order valence-electron chi connectivity index (χ0n) is 10.9. The highest BCUT2D eigenvalue weighted by Crippen LogP contribution is 2.14. The van der Waals surface area contributed by atoms with Crippen LogP contribution in [0, 0.1) is 0 Å². The predicted molar refractivity (Wildman–Crippen MR) is 65.7 cm³/mol. The Morgan fingerprint density at radius 3 is 2.65 bits per heavy atom. The van der Waals surface area contributed by atoms with Crippen LogP contribution < -0.4 is 5.32 Å². The number of nitrogens with one attached hydrogen (secondary N) is 1. The van der Waals surface area contributed by atoms with Crippen LogP contribution in [-0.4, -0.2) is 41.2 Å². The van der Waals surface area contributed by atoms with Gasteiger partial charge in [0.05, 0.1) is 6.54 Å². The molecule has 0 aliphatic carbocycles. The van der Waals surface area contributed by atoms with E-state index < -0.39 is 0 Å². The maximum atomic E-state index is 5.21. The molecule has 0 atom stereocenters. The molecule has 1 fully saturated rings. The van der Waals surface area contributed by atoms with Crippen molar-refractivity contribution in [2.24, 2.45) is 0 Å². The van der Waals surface area contributed by atoms with Gasteiger partial charge in [-0.05, 0) is 19.9 Å². The molecular weight excluding hydrogens is 216 g/mol. The van der Waals surface area contributed by atoms with Crippen molar-refractivity contribution < 1.29 is 4.52 Å². The molecule has 0 unspecified atom stereocenters. The first kappa shape index (κ1) is 12.5. The monoisotopic (exact) mass is 238 g/mol. The standard InChI is InChI=1S/C12H22N4O/c1-9(2)12-14-11(15-17-12)8-16-6-4-10(13-3)5-7-16/h9-10,13H,4-8H2,1-3H3. The van der Waals surface area contributed by atoms with Gasteiger partial charge in [-0.15, -0.1) is 0 Å². The van der Waals surface area contributed by atoms with Gasteiger partial charge in [0.1, 0.15) is 0 Å². The van der Waals surface area contributed by atoms with Gasteiger partial charge in [-0.2, -0.15) is 4.98 Å². The molecule has 1 saturated heterocycles. The molecular formula is C12H22N4O. The van der Waals surface area contributed by atoms with E-state index in [1.54, 1.807) is 0 Å². The molecule has 96 valence electrons. The number of likely N-dealkylation sites (tertiary alicyclic amines) is 1. The molecule has 1 aliphatic rings.